The van der Waals surface area contributed by atoms with Gasteiger partial charge in [-0.25, -0.2) is 0 Å². The first-order valence-electron chi connectivity index (χ1n) is 5.05. The molecule has 0 aromatic rings. The van der Waals surface area contributed by atoms with Gasteiger partial charge in [-0.05, 0) is 30.9 Å². The third kappa shape index (κ3) is 3.96. The molecule has 0 saturated carbocycles. The van der Waals surface area contributed by atoms with Crippen LogP contribution in [0.5, 0.6) is 0 Å². The predicted octanol–water partition coefficient (Wildman–Crippen LogP) is 1.67. The summed E-state index contributed by atoms with van der Waals surface area (Å²) in [7, 11) is 0.0360. The van der Waals surface area contributed by atoms with E-state index < -0.39 is 0 Å². The van der Waals surface area contributed by atoms with E-state index in [0.717, 1.165) is 18.3 Å². The van der Waals surface area contributed by atoms with E-state index in [-0.39, 0.29) is 9.52 Å². The van der Waals surface area contributed by atoms with Gasteiger partial charge >= 0.3 is 0 Å². The second-order valence-electron chi connectivity index (χ2n) is 3.85. The predicted molar refractivity (Wildman–Crippen MR) is 60.0 cm³/mol. The lowest BCUT2D eigenvalue weighted by Gasteiger charge is -2.23. The molecule has 1 aliphatic heterocycles. The van der Waals surface area contributed by atoms with Gasteiger partial charge in [0, 0.05) is 12.3 Å². The van der Waals surface area contributed by atoms with E-state index in [0.29, 0.717) is 5.73 Å². The number of hydrogen-bond donors (Lipinski definition) is 1. The Morgan fingerprint density at radius 2 is 2.42 bits per heavy atom. The van der Waals surface area contributed by atoms with Crippen molar-refractivity contribution in [1.29, 1.82) is 0 Å². The second kappa shape index (κ2) is 6.05. The Morgan fingerprint density at radius 3 is 3.00 bits per heavy atom. The SMILES string of the molecule is CC(CS)C[SiH2]C1CCCCO1. The second-order valence-corrected chi connectivity index (χ2v) is 6.28. The monoisotopic (exact) mass is 204 g/mol. The van der Waals surface area contributed by atoms with Crippen LogP contribution in [-0.2, 0) is 4.74 Å². The zero-order valence-electron chi connectivity index (χ0n) is 7.96. The lowest BCUT2D eigenvalue weighted by Crippen LogP contribution is -2.26. The average molecular weight is 204 g/mol. The van der Waals surface area contributed by atoms with Crippen molar-refractivity contribution in [3.05, 3.63) is 0 Å². The van der Waals surface area contributed by atoms with Crippen LogP contribution < -0.4 is 0 Å². The van der Waals surface area contributed by atoms with Crippen molar-refractivity contribution in [3.63, 3.8) is 0 Å². The van der Waals surface area contributed by atoms with E-state index in [1.165, 1.54) is 25.3 Å². The molecule has 0 amide bonds. The summed E-state index contributed by atoms with van der Waals surface area (Å²) in [4.78, 5) is 0. The van der Waals surface area contributed by atoms with Gasteiger partial charge in [-0.2, -0.15) is 12.6 Å². The normalized spacial score (nSPS) is 28.0. The topological polar surface area (TPSA) is 9.23 Å². The first kappa shape index (κ1) is 10.6. The van der Waals surface area contributed by atoms with Gasteiger partial charge in [0.1, 0.15) is 0 Å². The zero-order chi connectivity index (χ0) is 8.81. The van der Waals surface area contributed by atoms with Gasteiger partial charge in [0.15, 0.2) is 0 Å². The van der Waals surface area contributed by atoms with Crippen molar-refractivity contribution >= 4 is 22.1 Å². The van der Waals surface area contributed by atoms with E-state index in [1.807, 2.05) is 0 Å². The Hall–Kier alpha value is 0.527. The van der Waals surface area contributed by atoms with E-state index in [9.17, 15) is 0 Å². The Bertz CT molecular complexity index is 115. The van der Waals surface area contributed by atoms with Crippen LogP contribution >= 0.6 is 12.6 Å². The summed E-state index contributed by atoms with van der Waals surface area (Å²) in [5.41, 5.74) is 0.695. The van der Waals surface area contributed by atoms with Gasteiger partial charge in [0.2, 0.25) is 0 Å². The minimum Gasteiger partial charge on any atom is -0.382 e. The lowest BCUT2D eigenvalue weighted by atomic mass is 10.2. The molecule has 0 aromatic carbocycles. The molecule has 0 radical (unpaired) electrons. The molecule has 1 fully saturated rings. The molecule has 1 heterocycles. The molecule has 3 heteroatoms. The number of rotatable bonds is 4. The Labute approximate surface area is 83.5 Å². The largest absolute Gasteiger partial charge is 0.382 e. The first-order valence-corrected chi connectivity index (χ1v) is 7.50. The fourth-order valence-corrected chi connectivity index (χ4v) is 4.18. The van der Waals surface area contributed by atoms with Crippen LogP contribution in [-0.4, -0.2) is 27.6 Å². The smallest absolute Gasteiger partial charge is 0.0558 e. The van der Waals surface area contributed by atoms with E-state index in [4.69, 9.17) is 4.74 Å². The van der Waals surface area contributed by atoms with Crippen molar-refractivity contribution in [2.24, 2.45) is 5.92 Å². The molecule has 2 atom stereocenters. The highest BCUT2D eigenvalue weighted by Crippen LogP contribution is 2.14. The molecule has 1 saturated heterocycles. The molecular formula is C9H20OSSi. The molecule has 1 aliphatic rings. The fraction of sp³-hybridized carbons (Fsp3) is 1.00. The van der Waals surface area contributed by atoms with E-state index in [2.05, 4.69) is 19.6 Å². The summed E-state index contributed by atoms with van der Waals surface area (Å²) in [5, 5.41) is 0. The standard InChI is InChI=1S/C9H20OSSi/c1-8(6-11)7-12-9-4-2-3-5-10-9/h8-9,11H,2-7,12H2,1H3. The van der Waals surface area contributed by atoms with Gasteiger partial charge in [-0.3, -0.25) is 0 Å². The fourth-order valence-electron chi connectivity index (χ4n) is 1.60. The minimum absolute atomic E-state index is 0.0360. The minimum atomic E-state index is 0.0360. The summed E-state index contributed by atoms with van der Waals surface area (Å²) >= 11 is 4.29. The van der Waals surface area contributed by atoms with Gasteiger partial charge in [0.25, 0.3) is 0 Å². The Morgan fingerprint density at radius 1 is 1.58 bits per heavy atom. The zero-order valence-corrected chi connectivity index (χ0v) is 10.3. The van der Waals surface area contributed by atoms with Crippen molar-refractivity contribution in [1.82, 2.24) is 0 Å². The summed E-state index contributed by atoms with van der Waals surface area (Å²) < 4.78 is 5.71. The maximum Gasteiger partial charge on any atom is 0.0558 e. The van der Waals surface area contributed by atoms with Gasteiger partial charge in [-0.15, -0.1) is 0 Å². The van der Waals surface area contributed by atoms with Crippen molar-refractivity contribution in [2.75, 3.05) is 12.4 Å². The maximum atomic E-state index is 5.71. The van der Waals surface area contributed by atoms with Crippen molar-refractivity contribution < 1.29 is 4.74 Å². The molecule has 0 aromatic heterocycles. The number of hydrogen-bond acceptors (Lipinski definition) is 2. The van der Waals surface area contributed by atoms with Crippen molar-refractivity contribution in [3.8, 4) is 0 Å². The highest BCUT2D eigenvalue weighted by atomic mass is 32.1. The van der Waals surface area contributed by atoms with Gasteiger partial charge in [-0.1, -0.05) is 13.0 Å². The summed E-state index contributed by atoms with van der Waals surface area (Å²) in [6.45, 7) is 3.32. The molecule has 2 unspecified atom stereocenters. The molecule has 1 nitrogen and oxygen atoms in total. The van der Waals surface area contributed by atoms with E-state index in [1.54, 1.807) is 0 Å². The molecule has 12 heavy (non-hydrogen) atoms. The lowest BCUT2D eigenvalue weighted by molar-refractivity contribution is 0.0648. The van der Waals surface area contributed by atoms with Gasteiger partial charge in [0.05, 0.1) is 9.52 Å². The quantitative estimate of drug-likeness (QED) is 0.541. The first-order chi connectivity index (χ1) is 5.83. The third-order valence-corrected chi connectivity index (χ3v) is 5.80. The molecule has 0 N–H and O–H groups in total. The number of ether oxygens (including phenoxy) is 1. The molecule has 0 bridgehead atoms. The van der Waals surface area contributed by atoms with Crippen LogP contribution in [0, 0.1) is 5.92 Å². The van der Waals surface area contributed by atoms with Crippen LogP contribution in [0.1, 0.15) is 26.2 Å². The van der Waals surface area contributed by atoms with Crippen LogP contribution in [0.3, 0.4) is 0 Å². The van der Waals surface area contributed by atoms with Gasteiger partial charge < -0.3 is 4.74 Å². The van der Waals surface area contributed by atoms with Crippen LogP contribution in [0.15, 0.2) is 0 Å². The Balaban J connectivity index is 2.05. The summed E-state index contributed by atoms with van der Waals surface area (Å²) in [6, 6.07) is 1.41. The molecule has 0 spiro atoms. The van der Waals surface area contributed by atoms with E-state index >= 15 is 0 Å². The summed E-state index contributed by atoms with van der Waals surface area (Å²) in [6.07, 6.45) is 4.02. The molecule has 0 aliphatic carbocycles. The van der Waals surface area contributed by atoms with Crippen LogP contribution in [0.25, 0.3) is 0 Å². The van der Waals surface area contributed by atoms with Crippen LogP contribution in [0.2, 0.25) is 6.04 Å². The highest BCUT2D eigenvalue weighted by Gasteiger charge is 2.14. The number of thiol groups is 1. The third-order valence-electron chi connectivity index (χ3n) is 2.57. The molecule has 1 rings (SSSR count). The average Bonchev–Trinajstić information content (AvgIpc) is 2.16. The molecular weight excluding hydrogens is 184 g/mol. The van der Waals surface area contributed by atoms with Crippen LogP contribution in [0.4, 0.5) is 0 Å². The molecule has 72 valence electrons. The highest BCUT2D eigenvalue weighted by molar-refractivity contribution is 7.80. The Kier molecular flexibility index (Phi) is 5.35. The van der Waals surface area contributed by atoms with Crippen molar-refractivity contribution in [2.45, 2.75) is 38.0 Å². The maximum absolute atomic E-state index is 5.71. The summed E-state index contributed by atoms with van der Waals surface area (Å²) in [5.74, 6) is 1.85.